The van der Waals surface area contributed by atoms with Gasteiger partial charge < -0.3 is 11.5 Å². The van der Waals surface area contributed by atoms with Crippen molar-refractivity contribution in [3.05, 3.63) is 34.7 Å². The van der Waals surface area contributed by atoms with Gasteiger partial charge in [0, 0.05) is 16.0 Å². The third kappa shape index (κ3) is 3.69. The third-order valence-corrected chi connectivity index (χ3v) is 2.84. The second-order valence-electron chi connectivity index (χ2n) is 3.06. The molecule has 0 amide bonds. The first kappa shape index (κ1) is 14.0. The zero-order valence-corrected chi connectivity index (χ0v) is 11.9. The Morgan fingerprint density at radius 1 is 1.24 bits per heavy atom. The summed E-state index contributed by atoms with van der Waals surface area (Å²) in [7, 11) is 0. The Morgan fingerprint density at radius 2 is 1.88 bits per heavy atom. The van der Waals surface area contributed by atoms with Crippen molar-refractivity contribution in [1.29, 1.82) is 0 Å². The first-order valence-corrected chi connectivity index (χ1v) is 5.72. The van der Waals surface area contributed by atoms with Crippen LogP contribution in [0.1, 0.15) is 0 Å². The molecule has 0 saturated heterocycles. The lowest BCUT2D eigenvalue weighted by atomic mass is 10.2. The Balaban J connectivity index is 0.00000144. The van der Waals surface area contributed by atoms with Gasteiger partial charge in [0.2, 0.25) is 5.13 Å². The van der Waals surface area contributed by atoms with Crippen LogP contribution in [0.15, 0.2) is 34.6 Å². The average Bonchev–Trinajstić information content (AvgIpc) is 2.66. The second-order valence-corrected chi connectivity index (χ2v) is 4.33. The molecule has 0 fully saturated rings. The largest absolute Gasteiger partial charge is 0.370 e. The standard InChI is InChI=1S/C10H9ClN4S.BrH/c11-7-3-1-6(2-4-7)8-5-16-10(14-8)15-9(12)13;/h1-5H,(H4,12,13,14,15);1H. The van der Waals surface area contributed by atoms with Crippen LogP contribution < -0.4 is 11.5 Å². The van der Waals surface area contributed by atoms with E-state index >= 15 is 0 Å². The highest BCUT2D eigenvalue weighted by Crippen LogP contribution is 2.27. The molecule has 90 valence electrons. The van der Waals surface area contributed by atoms with E-state index in [1.54, 1.807) is 0 Å². The molecule has 0 saturated carbocycles. The van der Waals surface area contributed by atoms with Gasteiger partial charge >= 0.3 is 0 Å². The number of nitrogens with zero attached hydrogens (tertiary/aromatic N) is 2. The van der Waals surface area contributed by atoms with E-state index in [1.165, 1.54) is 11.3 Å². The van der Waals surface area contributed by atoms with Crippen LogP contribution >= 0.6 is 39.9 Å². The summed E-state index contributed by atoms with van der Waals surface area (Å²) in [5, 5.41) is 3.14. The lowest BCUT2D eigenvalue weighted by molar-refractivity contribution is 1.33. The quantitative estimate of drug-likeness (QED) is 0.655. The summed E-state index contributed by atoms with van der Waals surface area (Å²) in [5.74, 6) is 0.0111. The summed E-state index contributed by atoms with van der Waals surface area (Å²) < 4.78 is 0. The Bertz CT molecular complexity index is 519. The highest BCUT2D eigenvalue weighted by Gasteiger charge is 2.03. The molecule has 4 nitrogen and oxygen atoms in total. The fourth-order valence-electron chi connectivity index (χ4n) is 1.18. The van der Waals surface area contributed by atoms with Crippen LogP contribution in [0, 0.1) is 0 Å². The zero-order chi connectivity index (χ0) is 11.5. The average molecular weight is 334 g/mol. The SMILES string of the molecule is Br.NC(N)=Nc1nc(-c2ccc(Cl)cc2)cs1. The van der Waals surface area contributed by atoms with Crippen molar-refractivity contribution in [3.63, 3.8) is 0 Å². The number of nitrogens with two attached hydrogens (primary N) is 2. The number of thiazole rings is 1. The smallest absolute Gasteiger partial charge is 0.212 e. The number of aromatic nitrogens is 1. The van der Waals surface area contributed by atoms with Crippen LogP contribution in [-0.2, 0) is 0 Å². The number of hydrogen-bond donors (Lipinski definition) is 2. The van der Waals surface area contributed by atoms with Gasteiger partial charge in [-0.05, 0) is 12.1 Å². The summed E-state index contributed by atoms with van der Waals surface area (Å²) in [6, 6.07) is 7.43. The van der Waals surface area contributed by atoms with E-state index in [0.717, 1.165) is 11.3 Å². The molecule has 2 rings (SSSR count). The van der Waals surface area contributed by atoms with Crippen molar-refractivity contribution in [3.8, 4) is 11.3 Å². The molecule has 0 spiro atoms. The topological polar surface area (TPSA) is 77.3 Å². The van der Waals surface area contributed by atoms with E-state index in [9.17, 15) is 0 Å². The minimum absolute atomic E-state index is 0. The molecular formula is C10H10BrClN4S. The molecule has 17 heavy (non-hydrogen) atoms. The van der Waals surface area contributed by atoms with Crippen molar-refractivity contribution in [2.24, 2.45) is 16.5 Å². The van der Waals surface area contributed by atoms with Crippen LogP contribution in [0.5, 0.6) is 0 Å². The first-order valence-electron chi connectivity index (χ1n) is 4.46. The maximum Gasteiger partial charge on any atom is 0.212 e. The number of benzene rings is 1. The van der Waals surface area contributed by atoms with E-state index in [0.29, 0.717) is 10.2 Å². The molecule has 0 unspecified atom stereocenters. The zero-order valence-electron chi connectivity index (χ0n) is 8.63. The molecule has 7 heteroatoms. The minimum atomic E-state index is 0. The van der Waals surface area contributed by atoms with E-state index in [2.05, 4.69) is 9.98 Å². The molecule has 0 aliphatic heterocycles. The first-order chi connectivity index (χ1) is 7.65. The van der Waals surface area contributed by atoms with Crippen molar-refractivity contribution < 1.29 is 0 Å². The molecule has 0 radical (unpaired) electrons. The van der Waals surface area contributed by atoms with E-state index in [1.807, 2.05) is 29.6 Å². The summed E-state index contributed by atoms with van der Waals surface area (Å²) in [4.78, 5) is 8.15. The number of aliphatic imine (C=N–C) groups is 1. The van der Waals surface area contributed by atoms with Crippen LogP contribution in [0.25, 0.3) is 11.3 Å². The number of rotatable bonds is 2. The fraction of sp³-hybridized carbons (Fsp3) is 0. The van der Waals surface area contributed by atoms with Crippen molar-refractivity contribution in [2.45, 2.75) is 0 Å². The van der Waals surface area contributed by atoms with Crippen molar-refractivity contribution >= 4 is 51.0 Å². The van der Waals surface area contributed by atoms with Crippen molar-refractivity contribution in [1.82, 2.24) is 4.98 Å². The van der Waals surface area contributed by atoms with Gasteiger partial charge in [-0.1, -0.05) is 23.7 Å². The predicted molar refractivity (Wildman–Crippen MR) is 78.4 cm³/mol. The summed E-state index contributed by atoms with van der Waals surface area (Å²) >= 11 is 7.19. The molecule has 1 heterocycles. The van der Waals surface area contributed by atoms with Gasteiger partial charge in [-0.15, -0.1) is 28.3 Å². The maximum atomic E-state index is 5.80. The van der Waals surface area contributed by atoms with Crippen LogP contribution in [0.4, 0.5) is 5.13 Å². The molecule has 0 aliphatic carbocycles. The predicted octanol–water partition coefficient (Wildman–Crippen LogP) is 2.95. The van der Waals surface area contributed by atoms with Gasteiger partial charge in [-0.2, -0.15) is 4.99 Å². The monoisotopic (exact) mass is 332 g/mol. The Labute approximate surface area is 118 Å². The van der Waals surface area contributed by atoms with E-state index in [-0.39, 0.29) is 22.9 Å². The molecule has 0 bridgehead atoms. The normalized spacial score (nSPS) is 9.47. The van der Waals surface area contributed by atoms with Gasteiger partial charge in [-0.25, -0.2) is 4.98 Å². The van der Waals surface area contributed by atoms with Gasteiger partial charge in [0.1, 0.15) is 0 Å². The lowest BCUT2D eigenvalue weighted by Crippen LogP contribution is -2.21. The number of guanidine groups is 1. The maximum absolute atomic E-state index is 5.80. The minimum Gasteiger partial charge on any atom is -0.370 e. The highest BCUT2D eigenvalue weighted by atomic mass is 79.9. The highest BCUT2D eigenvalue weighted by molar-refractivity contribution is 8.93. The second kappa shape index (κ2) is 6.00. The Morgan fingerprint density at radius 3 is 2.47 bits per heavy atom. The summed E-state index contributed by atoms with van der Waals surface area (Å²) in [5.41, 5.74) is 12.4. The molecule has 0 aliphatic rings. The molecule has 2 aromatic rings. The summed E-state index contributed by atoms with van der Waals surface area (Å²) in [6.07, 6.45) is 0. The van der Waals surface area contributed by atoms with Crippen LogP contribution in [0.2, 0.25) is 5.02 Å². The molecule has 1 aromatic heterocycles. The summed E-state index contributed by atoms with van der Waals surface area (Å²) in [6.45, 7) is 0. The lowest BCUT2D eigenvalue weighted by Gasteiger charge is -1.95. The van der Waals surface area contributed by atoms with Crippen molar-refractivity contribution in [2.75, 3.05) is 0 Å². The molecule has 4 N–H and O–H groups in total. The van der Waals surface area contributed by atoms with Crippen LogP contribution in [0.3, 0.4) is 0 Å². The molecule has 0 atom stereocenters. The fourth-order valence-corrected chi connectivity index (χ4v) is 2.02. The number of halogens is 2. The van der Waals surface area contributed by atoms with E-state index < -0.39 is 0 Å². The van der Waals surface area contributed by atoms with Gasteiger partial charge in [-0.3, -0.25) is 0 Å². The van der Waals surface area contributed by atoms with E-state index in [4.69, 9.17) is 23.1 Å². The van der Waals surface area contributed by atoms with Gasteiger partial charge in [0.05, 0.1) is 5.69 Å². The number of hydrogen-bond acceptors (Lipinski definition) is 3. The Hall–Kier alpha value is -1.11. The van der Waals surface area contributed by atoms with Crippen LogP contribution in [-0.4, -0.2) is 10.9 Å². The third-order valence-electron chi connectivity index (χ3n) is 1.86. The van der Waals surface area contributed by atoms with Gasteiger partial charge in [0.15, 0.2) is 5.96 Å². The Kier molecular flexibility index (Phi) is 4.92. The molecular weight excluding hydrogens is 324 g/mol. The molecule has 1 aromatic carbocycles. The van der Waals surface area contributed by atoms with Gasteiger partial charge in [0.25, 0.3) is 0 Å².